The van der Waals surface area contributed by atoms with Gasteiger partial charge in [0.05, 0.1) is 12.5 Å². The van der Waals surface area contributed by atoms with E-state index in [9.17, 15) is 0 Å². The molecule has 0 fully saturated rings. The summed E-state index contributed by atoms with van der Waals surface area (Å²) in [5.41, 5.74) is 1.14. The summed E-state index contributed by atoms with van der Waals surface area (Å²) in [6.45, 7) is 3.90. The van der Waals surface area contributed by atoms with Crippen molar-refractivity contribution >= 4 is 17.3 Å². The van der Waals surface area contributed by atoms with Crippen molar-refractivity contribution in [1.29, 1.82) is 0 Å². The minimum atomic E-state index is 0.786. The van der Waals surface area contributed by atoms with Crippen LogP contribution in [0.3, 0.4) is 0 Å². The van der Waals surface area contributed by atoms with Crippen LogP contribution in [0.2, 0.25) is 0 Å². The smallest absolute Gasteiger partial charge is 0.168 e. The van der Waals surface area contributed by atoms with Crippen LogP contribution in [0, 0.1) is 0 Å². The molecule has 15 heavy (non-hydrogen) atoms. The second-order valence-electron chi connectivity index (χ2n) is 3.57. The third kappa shape index (κ3) is 4.34. The van der Waals surface area contributed by atoms with Crippen LogP contribution >= 0.6 is 12.2 Å². The molecule has 0 saturated carbocycles. The predicted molar refractivity (Wildman–Crippen MR) is 65.7 cm³/mol. The van der Waals surface area contributed by atoms with E-state index in [4.69, 9.17) is 16.6 Å². The second-order valence-corrected chi connectivity index (χ2v) is 3.96. The molecule has 0 saturated heterocycles. The van der Waals surface area contributed by atoms with E-state index >= 15 is 0 Å². The van der Waals surface area contributed by atoms with Gasteiger partial charge in [0.15, 0.2) is 5.11 Å². The lowest BCUT2D eigenvalue weighted by molar-refractivity contribution is 0.480. The van der Waals surface area contributed by atoms with Crippen LogP contribution in [0.25, 0.3) is 0 Å². The quantitative estimate of drug-likeness (QED) is 0.616. The maximum Gasteiger partial charge on any atom is 0.168 e. The minimum Gasteiger partial charge on any atom is -0.472 e. The van der Waals surface area contributed by atoms with Gasteiger partial charge in [0.1, 0.15) is 0 Å². The zero-order valence-electron chi connectivity index (χ0n) is 9.32. The SMILES string of the molecule is CCCCNC(=S)N(C)Cc1ccoc1. The highest BCUT2D eigenvalue weighted by Crippen LogP contribution is 2.03. The van der Waals surface area contributed by atoms with Crippen LogP contribution in [0.5, 0.6) is 0 Å². The highest BCUT2D eigenvalue weighted by atomic mass is 32.1. The predicted octanol–water partition coefficient (Wildman–Crippen LogP) is 2.39. The van der Waals surface area contributed by atoms with E-state index in [0.29, 0.717) is 0 Å². The Morgan fingerprint density at radius 1 is 1.60 bits per heavy atom. The Bertz CT molecular complexity index is 285. The molecule has 0 bridgehead atoms. The summed E-state index contributed by atoms with van der Waals surface area (Å²) in [5.74, 6) is 0. The van der Waals surface area contributed by atoms with Gasteiger partial charge in [-0.2, -0.15) is 0 Å². The largest absolute Gasteiger partial charge is 0.472 e. The van der Waals surface area contributed by atoms with E-state index in [1.807, 2.05) is 18.0 Å². The Morgan fingerprint density at radius 3 is 3.00 bits per heavy atom. The first-order valence-electron chi connectivity index (χ1n) is 5.24. The molecule has 0 radical (unpaired) electrons. The molecule has 0 amide bonds. The average Bonchev–Trinajstić information content (AvgIpc) is 2.70. The van der Waals surface area contributed by atoms with Gasteiger partial charge in [-0.1, -0.05) is 13.3 Å². The maximum atomic E-state index is 5.25. The monoisotopic (exact) mass is 226 g/mol. The van der Waals surface area contributed by atoms with Crippen molar-refractivity contribution in [2.75, 3.05) is 13.6 Å². The van der Waals surface area contributed by atoms with Gasteiger partial charge in [0, 0.05) is 25.7 Å². The molecule has 4 heteroatoms. The van der Waals surface area contributed by atoms with Gasteiger partial charge >= 0.3 is 0 Å². The van der Waals surface area contributed by atoms with Gasteiger partial charge in [-0.15, -0.1) is 0 Å². The first-order chi connectivity index (χ1) is 7.24. The number of unbranched alkanes of at least 4 members (excludes halogenated alkanes) is 1. The lowest BCUT2D eigenvalue weighted by Gasteiger charge is -2.20. The average molecular weight is 226 g/mol. The van der Waals surface area contributed by atoms with Crippen molar-refractivity contribution in [2.24, 2.45) is 0 Å². The van der Waals surface area contributed by atoms with Crippen molar-refractivity contribution in [3.8, 4) is 0 Å². The van der Waals surface area contributed by atoms with E-state index in [2.05, 4.69) is 12.2 Å². The number of rotatable bonds is 5. The molecule has 0 aliphatic carbocycles. The molecule has 1 rings (SSSR count). The summed E-state index contributed by atoms with van der Waals surface area (Å²) in [4.78, 5) is 2.01. The molecule has 0 aromatic carbocycles. The number of nitrogens with zero attached hydrogens (tertiary/aromatic N) is 1. The molecule has 1 aromatic rings. The van der Waals surface area contributed by atoms with Crippen molar-refractivity contribution in [2.45, 2.75) is 26.3 Å². The van der Waals surface area contributed by atoms with Crippen LogP contribution in [0.15, 0.2) is 23.0 Å². The fourth-order valence-corrected chi connectivity index (χ4v) is 1.40. The lowest BCUT2D eigenvalue weighted by Crippen LogP contribution is -2.36. The van der Waals surface area contributed by atoms with Crippen molar-refractivity contribution in [1.82, 2.24) is 10.2 Å². The summed E-state index contributed by atoms with van der Waals surface area (Å²) < 4.78 is 5.00. The molecule has 3 nitrogen and oxygen atoms in total. The number of furan rings is 1. The molecule has 1 aromatic heterocycles. The molecule has 0 spiro atoms. The van der Waals surface area contributed by atoms with Gasteiger partial charge in [-0.05, 0) is 24.7 Å². The molecule has 1 heterocycles. The Hall–Kier alpha value is -1.03. The number of hydrogen-bond acceptors (Lipinski definition) is 2. The van der Waals surface area contributed by atoms with Crippen LogP contribution in [0.4, 0.5) is 0 Å². The molecule has 0 aliphatic rings. The van der Waals surface area contributed by atoms with Gasteiger partial charge in [0.25, 0.3) is 0 Å². The summed E-state index contributed by atoms with van der Waals surface area (Å²) in [6, 6.07) is 1.95. The van der Waals surface area contributed by atoms with Crippen molar-refractivity contribution in [3.05, 3.63) is 24.2 Å². The normalized spacial score (nSPS) is 10.0. The standard InChI is InChI=1S/C11H18N2OS/c1-3-4-6-12-11(15)13(2)8-10-5-7-14-9-10/h5,7,9H,3-4,6,8H2,1-2H3,(H,12,15). The topological polar surface area (TPSA) is 28.4 Å². The van der Waals surface area contributed by atoms with Gasteiger partial charge in [-0.3, -0.25) is 0 Å². The number of nitrogens with one attached hydrogen (secondary N) is 1. The fourth-order valence-electron chi connectivity index (χ4n) is 1.24. The molecule has 1 N–H and O–H groups in total. The molecular weight excluding hydrogens is 208 g/mol. The maximum absolute atomic E-state index is 5.25. The lowest BCUT2D eigenvalue weighted by atomic mass is 10.3. The number of hydrogen-bond donors (Lipinski definition) is 1. The Labute approximate surface area is 96.4 Å². The minimum absolute atomic E-state index is 0.786. The van der Waals surface area contributed by atoms with Gasteiger partial charge in [0.2, 0.25) is 0 Å². The summed E-state index contributed by atoms with van der Waals surface area (Å²) in [7, 11) is 1.98. The fraction of sp³-hybridized carbons (Fsp3) is 0.545. The van der Waals surface area contributed by atoms with E-state index in [1.54, 1.807) is 12.5 Å². The zero-order chi connectivity index (χ0) is 11.1. The molecule has 0 atom stereocenters. The first-order valence-corrected chi connectivity index (χ1v) is 5.65. The zero-order valence-corrected chi connectivity index (χ0v) is 10.1. The summed E-state index contributed by atoms with van der Waals surface area (Å²) in [6.07, 6.45) is 5.75. The van der Waals surface area contributed by atoms with Crippen molar-refractivity contribution in [3.63, 3.8) is 0 Å². The molecular formula is C11H18N2OS. The summed E-state index contributed by atoms with van der Waals surface area (Å²) in [5, 5.41) is 4.02. The molecule has 84 valence electrons. The Morgan fingerprint density at radius 2 is 2.40 bits per heavy atom. The molecule has 0 unspecified atom stereocenters. The van der Waals surface area contributed by atoms with E-state index in [1.165, 1.54) is 6.42 Å². The molecule has 0 aliphatic heterocycles. The Balaban J connectivity index is 2.27. The van der Waals surface area contributed by atoms with Gasteiger partial charge in [-0.25, -0.2) is 0 Å². The highest BCUT2D eigenvalue weighted by molar-refractivity contribution is 7.80. The van der Waals surface area contributed by atoms with E-state index in [0.717, 1.165) is 30.2 Å². The van der Waals surface area contributed by atoms with Crippen LogP contribution in [0.1, 0.15) is 25.3 Å². The third-order valence-electron chi connectivity index (χ3n) is 2.15. The highest BCUT2D eigenvalue weighted by Gasteiger charge is 2.04. The van der Waals surface area contributed by atoms with Crippen LogP contribution < -0.4 is 5.32 Å². The number of thiocarbonyl (C=S) groups is 1. The van der Waals surface area contributed by atoms with E-state index < -0.39 is 0 Å². The second kappa shape index (κ2) is 6.45. The Kier molecular flexibility index (Phi) is 5.18. The van der Waals surface area contributed by atoms with Gasteiger partial charge < -0.3 is 14.6 Å². The third-order valence-corrected chi connectivity index (χ3v) is 2.61. The first kappa shape index (κ1) is 12.0. The van der Waals surface area contributed by atoms with Crippen LogP contribution in [-0.4, -0.2) is 23.6 Å². The van der Waals surface area contributed by atoms with Crippen molar-refractivity contribution < 1.29 is 4.42 Å². The summed E-state index contributed by atoms with van der Waals surface area (Å²) >= 11 is 5.25. The van der Waals surface area contributed by atoms with E-state index in [-0.39, 0.29) is 0 Å². The van der Waals surface area contributed by atoms with Crippen LogP contribution in [-0.2, 0) is 6.54 Å².